The number of hydrogen-bond donors (Lipinski definition) is 2. The van der Waals surface area contributed by atoms with E-state index in [1.54, 1.807) is 37.7 Å². The number of nitrogens with one attached hydrogen (secondary N) is 1. The quantitative estimate of drug-likeness (QED) is 0.723. The van der Waals surface area contributed by atoms with Crippen LogP contribution in [0.2, 0.25) is 0 Å². The first-order valence-electron chi connectivity index (χ1n) is 5.78. The van der Waals surface area contributed by atoms with Gasteiger partial charge in [0, 0.05) is 6.42 Å². The second-order valence-corrected chi connectivity index (χ2v) is 3.89. The monoisotopic (exact) mass is 251 g/mol. The van der Waals surface area contributed by atoms with E-state index in [1.165, 1.54) is 0 Å². The minimum Gasteiger partial charge on any atom is -0.480 e. The highest BCUT2D eigenvalue weighted by molar-refractivity contribution is 5.83. The van der Waals surface area contributed by atoms with Gasteiger partial charge >= 0.3 is 5.97 Å². The van der Waals surface area contributed by atoms with Gasteiger partial charge in [-0.15, -0.1) is 0 Å². The van der Waals surface area contributed by atoms with Gasteiger partial charge in [0.1, 0.15) is 6.04 Å². The topological polar surface area (TPSA) is 79.5 Å². The van der Waals surface area contributed by atoms with Crippen molar-refractivity contribution in [1.82, 2.24) is 5.32 Å². The van der Waals surface area contributed by atoms with Crippen molar-refractivity contribution in [3.05, 3.63) is 36.3 Å². The first-order chi connectivity index (χ1) is 8.63. The van der Waals surface area contributed by atoms with Gasteiger partial charge in [-0.2, -0.15) is 0 Å². The van der Waals surface area contributed by atoms with Gasteiger partial charge in [0.15, 0.2) is 0 Å². The van der Waals surface area contributed by atoms with E-state index >= 15 is 0 Å². The number of aryl methyl sites for hydroxylation is 1. The van der Waals surface area contributed by atoms with Crippen molar-refractivity contribution in [3.8, 4) is 0 Å². The van der Waals surface area contributed by atoms with Crippen molar-refractivity contribution >= 4 is 11.9 Å². The fourth-order valence-electron chi connectivity index (χ4n) is 1.45. The Morgan fingerprint density at radius 2 is 2.33 bits per heavy atom. The van der Waals surface area contributed by atoms with Crippen molar-refractivity contribution in [1.29, 1.82) is 0 Å². The molecule has 1 atom stereocenters. The molecule has 5 heteroatoms. The van der Waals surface area contributed by atoms with Gasteiger partial charge in [-0.05, 0) is 31.4 Å². The molecule has 0 saturated carbocycles. The van der Waals surface area contributed by atoms with Crippen LogP contribution >= 0.6 is 0 Å². The van der Waals surface area contributed by atoms with E-state index in [0.717, 1.165) is 5.56 Å². The van der Waals surface area contributed by atoms with Gasteiger partial charge in [0.2, 0.25) is 5.91 Å². The Hall–Kier alpha value is -2.04. The summed E-state index contributed by atoms with van der Waals surface area (Å²) in [5, 5.41) is 11.4. The van der Waals surface area contributed by atoms with Crippen LogP contribution in [0.4, 0.5) is 0 Å². The van der Waals surface area contributed by atoms with E-state index in [4.69, 9.17) is 9.52 Å². The highest BCUT2D eigenvalue weighted by Gasteiger charge is 2.17. The lowest BCUT2D eigenvalue weighted by molar-refractivity contribution is -0.141. The highest BCUT2D eigenvalue weighted by atomic mass is 16.4. The number of rotatable bonds is 7. The van der Waals surface area contributed by atoms with E-state index in [0.29, 0.717) is 12.8 Å². The molecule has 0 aromatic carbocycles. The molecule has 0 spiro atoms. The Labute approximate surface area is 105 Å². The number of furan rings is 1. The molecule has 1 heterocycles. The summed E-state index contributed by atoms with van der Waals surface area (Å²) in [5.41, 5.74) is 0.922. The number of carbonyl (C=O) groups excluding carboxylic acids is 1. The van der Waals surface area contributed by atoms with Crippen molar-refractivity contribution in [2.75, 3.05) is 0 Å². The zero-order valence-corrected chi connectivity index (χ0v) is 10.3. The smallest absolute Gasteiger partial charge is 0.326 e. The first-order valence-corrected chi connectivity index (χ1v) is 5.78. The fraction of sp³-hybridized carbons (Fsp3) is 0.385. The summed E-state index contributed by atoms with van der Waals surface area (Å²) in [5.74, 6) is -1.29. The van der Waals surface area contributed by atoms with Crippen LogP contribution in [0.25, 0.3) is 0 Å². The van der Waals surface area contributed by atoms with Crippen molar-refractivity contribution in [3.63, 3.8) is 0 Å². The third kappa shape index (κ3) is 4.86. The number of allylic oxidation sites excluding steroid dienone is 1. The molecule has 0 aliphatic carbocycles. The van der Waals surface area contributed by atoms with Gasteiger partial charge in [-0.3, -0.25) is 4.79 Å². The molecule has 98 valence electrons. The summed E-state index contributed by atoms with van der Waals surface area (Å²) in [6, 6.07) is 0.917. The lowest BCUT2D eigenvalue weighted by atomic mass is 10.1. The number of aliphatic carboxylic acids is 1. The summed E-state index contributed by atoms with van der Waals surface area (Å²) in [4.78, 5) is 22.5. The maximum Gasteiger partial charge on any atom is 0.326 e. The Morgan fingerprint density at radius 3 is 2.89 bits per heavy atom. The molecule has 2 N–H and O–H groups in total. The van der Waals surface area contributed by atoms with Crippen molar-refractivity contribution < 1.29 is 19.1 Å². The maximum atomic E-state index is 11.6. The van der Waals surface area contributed by atoms with E-state index in [2.05, 4.69) is 5.32 Å². The molecule has 0 fully saturated rings. The minimum atomic E-state index is -1.02. The number of hydrogen-bond acceptors (Lipinski definition) is 3. The van der Waals surface area contributed by atoms with Crippen LogP contribution in [-0.4, -0.2) is 23.0 Å². The maximum absolute atomic E-state index is 11.6. The van der Waals surface area contributed by atoms with Gasteiger partial charge in [-0.25, -0.2) is 4.79 Å². The molecule has 0 radical (unpaired) electrons. The Morgan fingerprint density at radius 1 is 1.56 bits per heavy atom. The molecule has 0 saturated heterocycles. The van der Waals surface area contributed by atoms with Crippen LogP contribution in [0, 0.1) is 0 Å². The summed E-state index contributed by atoms with van der Waals surface area (Å²) in [6.45, 7) is 1.81. The lowest BCUT2D eigenvalue weighted by Gasteiger charge is -2.12. The van der Waals surface area contributed by atoms with E-state index in [9.17, 15) is 9.59 Å². The van der Waals surface area contributed by atoms with Crippen LogP contribution in [0.15, 0.2) is 35.2 Å². The van der Waals surface area contributed by atoms with Gasteiger partial charge in [-0.1, -0.05) is 12.2 Å². The predicted molar refractivity (Wildman–Crippen MR) is 66.0 cm³/mol. The normalized spacial score (nSPS) is 12.5. The molecule has 18 heavy (non-hydrogen) atoms. The molecule has 1 unspecified atom stereocenters. The number of carbonyl (C=O) groups is 2. The third-order valence-electron chi connectivity index (χ3n) is 2.46. The van der Waals surface area contributed by atoms with Crippen LogP contribution in [0.1, 0.15) is 25.3 Å². The van der Waals surface area contributed by atoms with Crippen molar-refractivity contribution in [2.45, 2.75) is 32.2 Å². The molecular weight excluding hydrogens is 234 g/mol. The second-order valence-electron chi connectivity index (χ2n) is 3.89. The fourth-order valence-corrected chi connectivity index (χ4v) is 1.45. The van der Waals surface area contributed by atoms with Crippen LogP contribution in [0.5, 0.6) is 0 Å². The summed E-state index contributed by atoms with van der Waals surface area (Å²) in [6.07, 6.45) is 7.67. The van der Waals surface area contributed by atoms with Gasteiger partial charge in [0.25, 0.3) is 0 Å². The van der Waals surface area contributed by atoms with Gasteiger partial charge in [0.05, 0.1) is 12.5 Å². The summed E-state index contributed by atoms with van der Waals surface area (Å²) in [7, 11) is 0. The zero-order valence-electron chi connectivity index (χ0n) is 10.3. The van der Waals surface area contributed by atoms with E-state index < -0.39 is 12.0 Å². The molecule has 0 bridgehead atoms. The summed E-state index contributed by atoms with van der Waals surface area (Å²) < 4.78 is 4.88. The van der Waals surface area contributed by atoms with E-state index in [-0.39, 0.29) is 12.3 Å². The highest BCUT2D eigenvalue weighted by Crippen LogP contribution is 2.04. The molecule has 0 aliphatic heterocycles. The molecule has 1 aromatic heterocycles. The average Bonchev–Trinajstić information content (AvgIpc) is 2.84. The average molecular weight is 251 g/mol. The summed E-state index contributed by atoms with van der Waals surface area (Å²) >= 11 is 0. The number of carboxylic acid groups (broad SMARTS) is 1. The Bertz CT molecular complexity index is 409. The molecule has 5 nitrogen and oxygen atoms in total. The zero-order chi connectivity index (χ0) is 13.4. The van der Waals surface area contributed by atoms with E-state index in [1.807, 2.05) is 0 Å². The molecule has 1 amide bonds. The molecule has 1 rings (SSSR count). The standard InChI is InChI=1S/C13H17NO4/c1-2-3-4-11(13(16)17)14-12(15)6-5-10-7-8-18-9-10/h2-3,7-9,11H,4-6H2,1H3,(H,14,15)(H,16,17)/b3-2+. The number of amides is 1. The lowest BCUT2D eigenvalue weighted by Crippen LogP contribution is -2.40. The second kappa shape index (κ2) is 7.32. The predicted octanol–water partition coefficient (Wildman–Crippen LogP) is 1.75. The molecule has 0 aliphatic rings. The van der Waals surface area contributed by atoms with Crippen molar-refractivity contribution in [2.24, 2.45) is 0 Å². The largest absolute Gasteiger partial charge is 0.480 e. The minimum absolute atomic E-state index is 0.249. The Balaban J connectivity index is 2.38. The number of carboxylic acids is 1. The van der Waals surface area contributed by atoms with Crippen LogP contribution < -0.4 is 5.32 Å². The Kier molecular flexibility index (Phi) is 5.70. The third-order valence-corrected chi connectivity index (χ3v) is 2.46. The SMILES string of the molecule is C/C=C/CC(NC(=O)CCc1ccoc1)C(=O)O. The molecule has 1 aromatic rings. The van der Waals surface area contributed by atoms with Crippen LogP contribution in [-0.2, 0) is 16.0 Å². The first kappa shape index (κ1) is 14.0. The van der Waals surface area contributed by atoms with Gasteiger partial charge < -0.3 is 14.8 Å². The molecular formula is C13H17NO4. The van der Waals surface area contributed by atoms with Crippen LogP contribution in [0.3, 0.4) is 0 Å².